The molecule has 98 valence electrons. The zero-order chi connectivity index (χ0) is 12.9. The van der Waals surface area contributed by atoms with E-state index in [1.54, 1.807) is 5.56 Å². The van der Waals surface area contributed by atoms with Gasteiger partial charge in [0.05, 0.1) is 0 Å². The average Bonchev–Trinajstić information content (AvgIpc) is 2.88. The molecular weight excluding hydrogens is 323 g/mol. The van der Waals surface area contributed by atoms with E-state index < -0.39 is 18.4 Å². The molecule has 1 heteroatoms. The Kier molecular flexibility index (Phi) is 3.28. The Hall–Kier alpha value is 0.0187. The first kappa shape index (κ1) is 13.0. The molecule has 2 aliphatic carbocycles. The van der Waals surface area contributed by atoms with Gasteiger partial charge in [-0.05, 0) is 0 Å². The first-order valence-electron chi connectivity index (χ1n) is 7.54. The molecule has 18 heavy (non-hydrogen) atoms. The van der Waals surface area contributed by atoms with Crippen LogP contribution in [0.4, 0.5) is 0 Å². The minimum absolute atomic E-state index is 0.917. The first-order valence-corrected chi connectivity index (χ1v) is 17.7. The molecule has 0 amide bonds. The Balaban J connectivity index is 2.02. The van der Waals surface area contributed by atoms with E-state index in [9.17, 15) is 0 Å². The van der Waals surface area contributed by atoms with Gasteiger partial charge < -0.3 is 0 Å². The van der Waals surface area contributed by atoms with Crippen LogP contribution in [-0.2, 0) is 0 Å². The number of aryl methyl sites for hydroxylation is 1. The molecule has 2 bridgehead atoms. The maximum atomic E-state index is 2.66. The van der Waals surface area contributed by atoms with Crippen LogP contribution in [0.5, 0.6) is 0 Å². The van der Waals surface area contributed by atoms with Crippen molar-refractivity contribution in [2.24, 2.45) is 11.8 Å². The van der Waals surface area contributed by atoms with Crippen LogP contribution in [0.1, 0.15) is 36.3 Å². The van der Waals surface area contributed by atoms with Crippen LogP contribution in [0.2, 0.25) is 18.8 Å². The van der Waals surface area contributed by atoms with Gasteiger partial charge in [0.1, 0.15) is 0 Å². The summed E-state index contributed by atoms with van der Waals surface area (Å²) < 4.78 is 1.10. The fraction of sp³-hybridized carbons (Fsp3) is 0.647. The van der Waals surface area contributed by atoms with E-state index in [-0.39, 0.29) is 0 Å². The van der Waals surface area contributed by atoms with Gasteiger partial charge in [0.15, 0.2) is 0 Å². The molecule has 0 unspecified atom stereocenters. The van der Waals surface area contributed by atoms with E-state index in [1.165, 1.54) is 24.8 Å². The summed E-state index contributed by atoms with van der Waals surface area (Å²) in [7, 11) is 0. The quantitative estimate of drug-likeness (QED) is 0.643. The third-order valence-corrected chi connectivity index (χ3v) is 13.5. The van der Waals surface area contributed by atoms with Crippen LogP contribution in [-0.4, -0.2) is 18.4 Å². The fourth-order valence-corrected chi connectivity index (χ4v) is 14.2. The van der Waals surface area contributed by atoms with E-state index in [4.69, 9.17) is 0 Å². The third kappa shape index (κ3) is 2.05. The van der Waals surface area contributed by atoms with Crippen molar-refractivity contribution >= 4 is 18.4 Å². The van der Waals surface area contributed by atoms with Gasteiger partial charge in [-0.1, -0.05) is 0 Å². The van der Waals surface area contributed by atoms with Crippen molar-refractivity contribution in [3.05, 3.63) is 35.4 Å². The Morgan fingerprint density at radius 3 is 2.33 bits per heavy atom. The van der Waals surface area contributed by atoms with Crippen LogP contribution in [0, 0.1) is 18.8 Å². The molecule has 2 saturated carbocycles. The van der Waals surface area contributed by atoms with Crippen LogP contribution < -0.4 is 0 Å². The monoisotopic (exact) mass is 350 g/mol. The molecule has 0 N–H and O–H groups in total. The molecule has 2 fully saturated rings. The summed E-state index contributed by atoms with van der Waals surface area (Å²) in [6.07, 6.45) is 4.58. The van der Waals surface area contributed by atoms with Crippen molar-refractivity contribution in [2.45, 2.75) is 50.9 Å². The zero-order valence-corrected chi connectivity index (χ0v) is 15.1. The predicted molar refractivity (Wildman–Crippen MR) is 81.8 cm³/mol. The second kappa shape index (κ2) is 4.54. The molecule has 0 aliphatic heterocycles. The molecule has 1 aromatic rings. The van der Waals surface area contributed by atoms with E-state index >= 15 is 0 Å². The number of benzene rings is 1. The molecule has 3 rings (SSSR count). The van der Waals surface area contributed by atoms with Gasteiger partial charge in [0, 0.05) is 0 Å². The average molecular weight is 349 g/mol. The van der Waals surface area contributed by atoms with Gasteiger partial charge in [0.2, 0.25) is 0 Å². The fourth-order valence-electron chi connectivity index (χ4n) is 4.95. The first-order chi connectivity index (χ1) is 8.48. The molecule has 0 spiro atoms. The maximum absolute atomic E-state index is 2.66. The van der Waals surface area contributed by atoms with E-state index in [1.807, 2.05) is 0 Å². The van der Waals surface area contributed by atoms with Crippen molar-refractivity contribution in [1.82, 2.24) is 0 Å². The predicted octanol–water partition coefficient (Wildman–Crippen LogP) is 5.22. The summed E-state index contributed by atoms with van der Waals surface area (Å²) in [5.74, 6) is 3.01. The van der Waals surface area contributed by atoms with Gasteiger partial charge in [-0.25, -0.2) is 0 Å². The van der Waals surface area contributed by atoms with Crippen LogP contribution in [0.3, 0.4) is 0 Å². The molecule has 0 radical (unpaired) electrons. The standard InChI is InChI=1S/C14H17.3CH3.Sn/c1-10-4-2-3-5-13(10)14-9-11-6-7-12(14)8-11;;;;/h2-5,9,11-12,14H,6-8H2,1H3;3*1H3;/t11-,12+,14+;;;;/m1..../s1. The van der Waals surface area contributed by atoms with E-state index in [2.05, 4.69) is 46.0 Å². The Labute approximate surface area is 116 Å². The Morgan fingerprint density at radius 2 is 1.67 bits per heavy atom. The summed E-state index contributed by atoms with van der Waals surface area (Å²) in [4.78, 5) is 7.97. The van der Waals surface area contributed by atoms with Crippen molar-refractivity contribution in [2.75, 3.05) is 0 Å². The topological polar surface area (TPSA) is 0 Å². The van der Waals surface area contributed by atoms with Crippen LogP contribution in [0.15, 0.2) is 24.3 Å². The van der Waals surface area contributed by atoms with Gasteiger partial charge >= 0.3 is 116 Å². The van der Waals surface area contributed by atoms with E-state index in [0.29, 0.717) is 0 Å². The van der Waals surface area contributed by atoms with E-state index in [0.717, 1.165) is 21.7 Å². The third-order valence-electron chi connectivity index (χ3n) is 5.46. The molecule has 0 nitrogen and oxygen atoms in total. The van der Waals surface area contributed by atoms with Crippen molar-refractivity contribution < 1.29 is 0 Å². The summed E-state index contributed by atoms with van der Waals surface area (Å²) in [6.45, 7) is 2.32. The van der Waals surface area contributed by atoms with Crippen molar-refractivity contribution in [3.8, 4) is 0 Å². The SMILES string of the molecule is Cc1ccccc1[C@@H]1[C@H]2CC[C@H](C2)[C@@H]1[Sn]([CH3])([CH3])[CH3]. The normalized spacial score (nSPS) is 35.1. The minimum atomic E-state index is -1.81. The summed E-state index contributed by atoms with van der Waals surface area (Å²) in [6, 6.07) is 9.19. The molecule has 1 aromatic carbocycles. The molecule has 0 aromatic heterocycles. The Bertz CT molecular complexity index is 443. The summed E-state index contributed by atoms with van der Waals surface area (Å²) >= 11 is -1.81. The number of fused-ring (bicyclic) bond motifs is 2. The summed E-state index contributed by atoms with van der Waals surface area (Å²) in [5, 5.41) is 0. The number of hydrogen-bond acceptors (Lipinski definition) is 0. The van der Waals surface area contributed by atoms with Gasteiger partial charge in [-0.3, -0.25) is 0 Å². The zero-order valence-electron chi connectivity index (χ0n) is 12.2. The van der Waals surface area contributed by atoms with Gasteiger partial charge in [-0.15, -0.1) is 0 Å². The number of hydrogen-bond donors (Lipinski definition) is 0. The molecule has 4 atom stereocenters. The molecule has 2 aliphatic rings. The molecule has 0 heterocycles. The second-order valence-electron chi connectivity index (χ2n) is 7.61. The van der Waals surface area contributed by atoms with Crippen LogP contribution >= 0.6 is 0 Å². The van der Waals surface area contributed by atoms with Gasteiger partial charge in [-0.2, -0.15) is 0 Å². The van der Waals surface area contributed by atoms with Gasteiger partial charge in [0.25, 0.3) is 0 Å². The Morgan fingerprint density at radius 1 is 1.00 bits per heavy atom. The number of rotatable bonds is 2. The second-order valence-corrected chi connectivity index (χ2v) is 23.0. The summed E-state index contributed by atoms with van der Waals surface area (Å²) in [5.41, 5.74) is 3.23. The van der Waals surface area contributed by atoms with Crippen LogP contribution in [0.25, 0.3) is 0 Å². The molecular formula is C17H26Sn. The van der Waals surface area contributed by atoms with Crippen molar-refractivity contribution in [3.63, 3.8) is 0 Å². The molecule has 0 saturated heterocycles. The van der Waals surface area contributed by atoms with Crippen molar-refractivity contribution in [1.29, 1.82) is 0 Å².